The number of sulfonamides is 2. The molecule has 14 nitrogen and oxygen atoms in total. The number of aromatic nitrogens is 2. The third kappa shape index (κ3) is 11.9. The van der Waals surface area contributed by atoms with E-state index in [2.05, 4.69) is 9.97 Å². The average Bonchev–Trinajstić information content (AvgIpc) is 4.04. The van der Waals surface area contributed by atoms with Crippen LogP contribution in [0.4, 0.5) is 36.6 Å². The molecular weight excluding hydrogens is 1010 g/mol. The molecule has 0 N–H and O–H groups in total. The van der Waals surface area contributed by atoms with E-state index in [0.717, 1.165) is 71.4 Å². The van der Waals surface area contributed by atoms with Crippen molar-refractivity contribution in [2.45, 2.75) is 35.0 Å². The molecule has 4 heterocycles. The molecule has 70 heavy (non-hydrogen) atoms. The highest BCUT2D eigenvalue weighted by Gasteiger charge is 2.41. The highest BCUT2D eigenvalue weighted by atomic mass is 32.2. The fraction of sp³-hybridized carbons (Fsp3) is 0.348. The van der Waals surface area contributed by atoms with Crippen LogP contribution in [0, 0.1) is 0 Å². The van der Waals surface area contributed by atoms with Gasteiger partial charge in [-0.2, -0.15) is 35.0 Å². The number of piperazine rings is 2. The number of hydrogen-bond donors (Lipinski definition) is 0. The number of halogens is 6. The van der Waals surface area contributed by atoms with Crippen LogP contribution in [-0.2, 0) is 45.2 Å². The fourth-order valence-electron chi connectivity index (χ4n) is 7.82. The lowest BCUT2D eigenvalue weighted by Crippen LogP contribution is -2.49. The Morgan fingerprint density at radius 3 is 1.36 bits per heavy atom. The predicted octanol–water partition coefficient (Wildman–Crippen LogP) is 8.56. The maximum Gasteiger partial charge on any atom is 0.417 e. The Kier molecular flexibility index (Phi) is 16.2. The topological polar surface area (TPSA) is 144 Å². The van der Waals surface area contributed by atoms with E-state index in [9.17, 15) is 43.2 Å². The van der Waals surface area contributed by atoms with Gasteiger partial charge in [0.1, 0.15) is 23.0 Å². The molecule has 2 aliphatic rings. The lowest BCUT2D eigenvalue weighted by Gasteiger charge is -2.34. The molecule has 4 aromatic carbocycles. The minimum Gasteiger partial charge on any atom is -0.497 e. The second-order valence-electron chi connectivity index (χ2n) is 15.7. The molecule has 0 atom stereocenters. The van der Waals surface area contributed by atoms with Crippen molar-refractivity contribution in [2.75, 3.05) is 90.6 Å². The lowest BCUT2D eigenvalue weighted by molar-refractivity contribution is -0.140. The van der Waals surface area contributed by atoms with Crippen molar-refractivity contribution in [3.63, 3.8) is 0 Å². The van der Waals surface area contributed by atoms with Gasteiger partial charge in [-0.05, 0) is 48.5 Å². The zero-order chi connectivity index (χ0) is 50.4. The third-order valence-corrected chi connectivity index (χ3v) is 17.3. The highest BCUT2D eigenvalue weighted by molar-refractivity contribution is 7.89. The van der Waals surface area contributed by atoms with Gasteiger partial charge in [0.05, 0.1) is 60.7 Å². The summed E-state index contributed by atoms with van der Waals surface area (Å²) in [5, 5.41) is 5.33. The molecule has 376 valence electrons. The maximum atomic E-state index is 13.4. The summed E-state index contributed by atoms with van der Waals surface area (Å²) >= 11 is 2.88. The molecule has 0 aliphatic carbocycles. The molecule has 6 aromatic rings. The predicted molar refractivity (Wildman–Crippen MR) is 254 cm³/mol. The second-order valence-corrected chi connectivity index (χ2v) is 21.2. The maximum absolute atomic E-state index is 13.4. The zero-order valence-electron chi connectivity index (χ0n) is 38.2. The standard InChI is InChI=1S/2C23H24F3N3O4S2/c1-32-18-7-8-20(33-2)16(14-18)13-17-15-34-22(27-17)28-9-11-29(12-10-28)35(30,31)21-6-4-3-5-19(21)23(24,25)26;1-32-18-8-7-16(20(14-18)33-2)13-17-15-34-22(27-17)28-9-11-29(12-10-28)35(30,31)21-6-4-3-5-19(21)23(24,25)26/h2*3-8,14-15H,9-13H2,1-2H3. The number of ether oxygens (including phenoxy) is 4. The van der Waals surface area contributed by atoms with Crippen molar-refractivity contribution in [1.82, 2.24) is 18.6 Å². The summed E-state index contributed by atoms with van der Waals surface area (Å²) in [4.78, 5) is 11.8. The molecule has 2 aromatic heterocycles. The van der Waals surface area contributed by atoms with E-state index in [0.29, 0.717) is 56.3 Å². The summed E-state index contributed by atoms with van der Waals surface area (Å²) in [6.45, 7) is 1.55. The molecule has 2 saturated heterocycles. The van der Waals surface area contributed by atoms with Crippen LogP contribution in [-0.4, -0.2) is 116 Å². The quantitative estimate of drug-likeness (QED) is 0.0965. The lowest BCUT2D eigenvalue weighted by atomic mass is 10.1. The number of thiazole rings is 2. The first-order chi connectivity index (χ1) is 33.3. The number of anilines is 2. The number of hydrogen-bond acceptors (Lipinski definition) is 14. The van der Waals surface area contributed by atoms with Gasteiger partial charge in [0.25, 0.3) is 0 Å². The Morgan fingerprint density at radius 2 is 0.929 bits per heavy atom. The Labute approximate surface area is 409 Å². The average molecular weight is 1060 g/mol. The number of alkyl halides is 6. The van der Waals surface area contributed by atoms with Crippen molar-refractivity contribution in [3.05, 3.63) is 129 Å². The van der Waals surface area contributed by atoms with E-state index in [1.165, 1.54) is 46.9 Å². The molecule has 0 bridgehead atoms. The molecule has 8 rings (SSSR count). The van der Waals surface area contributed by atoms with Gasteiger partial charge < -0.3 is 28.7 Å². The Hall–Kier alpha value is -5.66. The number of benzene rings is 4. The van der Waals surface area contributed by atoms with E-state index in [-0.39, 0.29) is 26.2 Å². The molecule has 0 radical (unpaired) electrons. The zero-order valence-corrected chi connectivity index (χ0v) is 41.4. The van der Waals surface area contributed by atoms with Crippen LogP contribution in [0.15, 0.2) is 105 Å². The van der Waals surface area contributed by atoms with Gasteiger partial charge >= 0.3 is 12.4 Å². The monoisotopic (exact) mass is 1050 g/mol. The van der Waals surface area contributed by atoms with Crippen molar-refractivity contribution < 1.29 is 62.1 Å². The normalized spacial score (nSPS) is 15.3. The summed E-state index contributed by atoms with van der Waals surface area (Å²) in [5.74, 6) is 2.81. The Morgan fingerprint density at radius 1 is 0.514 bits per heavy atom. The van der Waals surface area contributed by atoms with Crippen LogP contribution in [0.3, 0.4) is 0 Å². The Balaban J connectivity index is 0.000000206. The number of methoxy groups -OCH3 is 4. The largest absolute Gasteiger partial charge is 0.497 e. The number of rotatable bonds is 14. The van der Waals surface area contributed by atoms with Gasteiger partial charge in [0, 0.05) is 93.2 Å². The molecule has 2 aliphatic heterocycles. The van der Waals surface area contributed by atoms with Gasteiger partial charge in [-0.3, -0.25) is 0 Å². The van der Waals surface area contributed by atoms with E-state index in [1.54, 1.807) is 34.5 Å². The van der Waals surface area contributed by atoms with Crippen LogP contribution < -0.4 is 28.7 Å². The van der Waals surface area contributed by atoms with Crippen molar-refractivity contribution in [3.8, 4) is 23.0 Å². The fourth-order valence-corrected chi connectivity index (χ4v) is 12.8. The first-order valence-corrected chi connectivity index (χ1v) is 26.0. The molecule has 24 heteroatoms. The van der Waals surface area contributed by atoms with Gasteiger partial charge in [0.2, 0.25) is 20.0 Å². The number of nitrogens with zero attached hydrogens (tertiary/aromatic N) is 6. The van der Waals surface area contributed by atoms with Gasteiger partial charge in [-0.15, -0.1) is 22.7 Å². The third-order valence-electron chi connectivity index (χ3n) is 11.4. The summed E-state index contributed by atoms with van der Waals surface area (Å²) in [7, 11) is -2.21. The van der Waals surface area contributed by atoms with E-state index in [4.69, 9.17) is 18.9 Å². The second kappa shape index (κ2) is 21.8. The molecule has 0 spiro atoms. The summed E-state index contributed by atoms with van der Waals surface area (Å²) in [5.41, 5.74) is 1.22. The minimum absolute atomic E-state index is 0.0626. The minimum atomic E-state index is -4.76. The van der Waals surface area contributed by atoms with Gasteiger partial charge in [0.15, 0.2) is 10.3 Å². The van der Waals surface area contributed by atoms with Crippen LogP contribution in [0.1, 0.15) is 33.6 Å². The summed E-state index contributed by atoms with van der Waals surface area (Å²) < 4.78 is 156. The van der Waals surface area contributed by atoms with E-state index < -0.39 is 53.3 Å². The van der Waals surface area contributed by atoms with Crippen LogP contribution in [0.2, 0.25) is 0 Å². The van der Waals surface area contributed by atoms with Crippen molar-refractivity contribution in [1.29, 1.82) is 0 Å². The van der Waals surface area contributed by atoms with Crippen LogP contribution in [0.25, 0.3) is 0 Å². The molecule has 0 saturated carbocycles. The molecular formula is C46H48F6N6O8S4. The Bertz CT molecular complexity index is 2970. The van der Waals surface area contributed by atoms with Crippen LogP contribution in [0.5, 0.6) is 23.0 Å². The molecule has 0 amide bonds. The summed E-state index contributed by atoms with van der Waals surface area (Å²) in [6, 6.07) is 19.7. The van der Waals surface area contributed by atoms with Crippen molar-refractivity contribution >= 4 is 53.0 Å². The highest BCUT2D eigenvalue weighted by Crippen LogP contribution is 2.38. The van der Waals surface area contributed by atoms with Crippen molar-refractivity contribution in [2.24, 2.45) is 0 Å². The molecule has 2 fully saturated rings. The van der Waals surface area contributed by atoms with E-state index in [1.807, 2.05) is 50.9 Å². The van der Waals surface area contributed by atoms with E-state index >= 15 is 0 Å². The first kappa shape index (κ1) is 52.2. The smallest absolute Gasteiger partial charge is 0.417 e. The SMILES string of the molecule is COc1ccc(Cc2csc(N3CCN(S(=O)(=O)c4ccccc4C(F)(F)F)CC3)n2)c(OC)c1.COc1ccc(OC)c(Cc2csc(N3CCN(S(=O)(=O)c4ccccc4C(F)(F)F)CC3)n2)c1. The molecule has 0 unspecified atom stereocenters. The van der Waals surface area contributed by atoms with Gasteiger partial charge in [-0.1, -0.05) is 30.3 Å². The first-order valence-electron chi connectivity index (χ1n) is 21.4. The van der Waals surface area contributed by atoms with Gasteiger partial charge in [-0.25, -0.2) is 26.8 Å². The van der Waals surface area contributed by atoms with Crippen LogP contribution >= 0.6 is 22.7 Å². The summed E-state index contributed by atoms with van der Waals surface area (Å²) in [6.07, 6.45) is -8.44.